The maximum absolute atomic E-state index is 12.1. The number of aromatic nitrogens is 1. The smallest absolute Gasteiger partial charge is 0.240 e. The highest BCUT2D eigenvalue weighted by Gasteiger charge is 2.17. The van der Waals surface area contributed by atoms with Gasteiger partial charge in [-0.05, 0) is 45.7 Å². The average Bonchev–Trinajstić information content (AvgIpc) is 2.97. The van der Waals surface area contributed by atoms with Crippen LogP contribution in [0.4, 0.5) is 0 Å². The Morgan fingerprint density at radius 2 is 2.05 bits per heavy atom. The fourth-order valence-corrected chi connectivity index (χ4v) is 2.62. The minimum Gasteiger partial charge on any atom is -0.352 e. The number of nitrogens with one attached hydrogen (secondary N) is 2. The molecule has 0 bridgehead atoms. The van der Waals surface area contributed by atoms with E-state index in [4.69, 9.17) is 0 Å². The summed E-state index contributed by atoms with van der Waals surface area (Å²) in [4.78, 5) is 12.1. The van der Waals surface area contributed by atoms with Gasteiger partial charge in [0, 0.05) is 30.0 Å². The number of amides is 1. The maximum Gasteiger partial charge on any atom is 0.240 e. The molecule has 0 unspecified atom stereocenters. The molecule has 0 saturated heterocycles. The van der Waals surface area contributed by atoms with Gasteiger partial charge in [-0.1, -0.05) is 12.8 Å². The predicted octanol–water partition coefficient (Wildman–Crippen LogP) is 2.43. The molecule has 0 aliphatic heterocycles. The Balaban J connectivity index is 1.86. The van der Waals surface area contributed by atoms with Crippen LogP contribution in [-0.2, 0) is 17.9 Å². The molecule has 112 valence electrons. The summed E-state index contributed by atoms with van der Waals surface area (Å²) < 4.78 is 2.03. The van der Waals surface area contributed by atoms with E-state index in [-0.39, 0.29) is 11.4 Å². The molecule has 2 rings (SSSR count). The van der Waals surface area contributed by atoms with Gasteiger partial charge >= 0.3 is 0 Å². The first kappa shape index (κ1) is 15.1. The summed E-state index contributed by atoms with van der Waals surface area (Å²) in [6, 6.07) is 4.47. The van der Waals surface area contributed by atoms with Crippen LogP contribution in [0, 0.1) is 0 Å². The maximum atomic E-state index is 12.1. The molecule has 2 N–H and O–H groups in total. The Bertz CT molecular complexity index is 439. The quantitative estimate of drug-likeness (QED) is 0.868. The fraction of sp³-hybridized carbons (Fsp3) is 0.688. The molecule has 1 fully saturated rings. The largest absolute Gasteiger partial charge is 0.352 e. The third-order valence-corrected chi connectivity index (χ3v) is 3.76. The van der Waals surface area contributed by atoms with Crippen molar-refractivity contribution >= 4 is 5.91 Å². The highest BCUT2D eigenvalue weighted by molar-refractivity contribution is 5.76. The third-order valence-electron chi connectivity index (χ3n) is 3.76. The molecule has 0 aromatic carbocycles. The fourth-order valence-electron chi connectivity index (χ4n) is 2.62. The van der Waals surface area contributed by atoms with Crippen molar-refractivity contribution in [2.24, 2.45) is 0 Å². The van der Waals surface area contributed by atoms with Gasteiger partial charge < -0.3 is 15.2 Å². The molecule has 1 amide bonds. The Morgan fingerprint density at radius 3 is 2.70 bits per heavy atom. The normalized spacial score (nSPS) is 16.6. The summed E-state index contributed by atoms with van der Waals surface area (Å²) in [5, 5.41) is 6.60. The van der Waals surface area contributed by atoms with Gasteiger partial charge in [0.05, 0.1) is 0 Å². The van der Waals surface area contributed by atoms with Crippen LogP contribution in [0.25, 0.3) is 0 Å². The van der Waals surface area contributed by atoms with Gasteiger partial charge in [0.25, 0.3) is 0 Å². The highest BCUT2D eigenvalue weighted by atomic mass is 16.2. The molecule has 1 aliphatic rings. The SMILES string of the molecule is CC(C)(C)NCc1cccn1CC(=O)NC1CCCC1. The standard InChI is InChI=1S/C16H27N3O/c1-16(2,3)17-11-14-9-6-10-19(14)12-15(20)18-13-7-4-5-8-13/h6,9-10,13,17H,4-5,7-8,11-12H2,1-3H3,(H,18,20). The topological polar surface area (TPSA) is 46.1 Å². The molecule has 1 aromatic rings. The zero-order chi connectivity index (χ0) is 14.6. The zero-order valence-electron chi connectivity index (χ0n) is 12.9. The van der Waals surface area contributed by atoms with Crippen molar-refractivity contribution in [2.75, 3.05) is 0 Å². The number of carbonyl (C=O) groups excluding carboxylic acids is 1. The van der Waals surface area contributed by atoms with Gasteiger partial charge in [-0.25, -0.2) is 0 Å². The third kappa shape index (κ3) is 4.67. The minimum absolute atomic E-state index is 0.0845. The summed E-state index contributed by atoms with van der Waals surface area (Å²) in [5.41, 5.74) is 1.24. The first-order valence-corrected chi connectivity index (χ1v) is 7.62. The second-order valence-corrected chi connectivity index (χ2v) is 6.78. The molecule has 20 heavy (non-hydrogen) atoms. The van der Waals surface area contributed by atoms with Gasteiger partial charge in [-0.15, -0.1) is 0 Å². The summed E-state index contributed by atoms with van der Waals surface area (Å²) in [5.74, 6) is 0.130. The predicted molar refractivity (Wildman–Crippen MR) is 81.4 cm³/mol. The summed E-state index contributed by atoms with van der Waals surface area (Å²) in [6.45, 7) is 7.64. The Labute approximate surface area is 121 Å². The monoisotopic (exact) mass is 277 g/mol. The van der Waals surface area contributed by atoms with E-state index in [9.17, 15) is 4.79 Å². The van der Waals surface area contributed by atoms with E-state index in [2.05, 4.69) is 37.5 Å². The van der Waals surface area contributed by atoms with Gasteiger partial charge in [0.1, 0.15) is 6.54 Å². The minimum atomic E-state index is 0.0845. The van der Waals surface area contributed by atoms with E-state index in [0.717, 1.165) is 25.1 Å². The lowest BCUT2D eigenvalue weighted by molar-refractivity contribution is -0.122. The second kappa shape index (κ2) is 6.44. The molecular formula is C16H27N3O. The van der Waals surface area contributed by atoms with Crippen molar-refractivity contribution in [1.29, 1.82) is 0 Å². The van der Waals surface area contributed by atoms with Gasteiger partial charge in [-0.2, -0.15) is 0 Å². The van der Waals surface area contributed by atoms with Crippen molar-refractivity contribution in [2.45, 2.75) is 71.1 Å². The summed E-state index contributed by atoms with van der Waals surface area (Å²) in [6.07, 6.45) is 6.74. The lowest BCUT2D eigenvalue weighted by atomic mass is 10.1. The van der Waals surface area contributed by atoms with Crippen LogP contribution in [0.1, 0.15) is 52.1 Å². The molecule has 0 radical (unpaired) electrons. The average molecular weight is 277 g/mol. The number of rotatable bonds is 5. The summed E-state index contributed by atoms with van der Waals surface area (Å²) >= 11 is 0. The van der Waals surface area contributed by atoms with Crippen molar-refractivity contribution in [3.05, 3.63) is 24.0 Å². The van der Waals surface area contributed by atoms with Gasteiger partial charge in [0.2, 0.25) is 5.91 Å². The van der Waals surface area contributed by atoms with Crippen LogP contribution in [0.2, 0.25) is 0 Å². The van der Waals surface area contributed by atoms with E-state index in [1.165, 1.54) is 12.8 Å². The molecular weight excluding hydrogens is 250 g/mol. The highest BCUT2D eigenvalue weighted by Crippen LogP contribution is 2.17. The van der Waals surface area contributed by atoms with Crippen LogP contribution in [0.15, 0.2) is 18.3 Å². The Morgan fingerprint density at radius 1 is 1.35 bits per heavy atom. The number of hydrogen-bond donors (Lipinski definition) is 2. The number of hydrogen-bond acceptors (Lipinski definition) is 2. The van der Waals surface area contributed by atoms with E-state index >= 15 is 0 Å². The molecule has 0 atom stereocenters. The Kier molecular flexibility index (Phi) is 4.86. The van der Waals surface area contributed by atoms with Crippen LogP contribution in [0.5, 0.6) is 0 Å². The lowest BCUT2D eigenvalue weighted by Crippen LogP contribution is -2.37. The number of nitrogens with zero attached hydrogens (tertiary/aromatic N) is 1. The van der Waals surface area contributed by atoms with Crippen LogP contribution < -0.4 is 10.6 Å². The Hall–Kier alpha value is -1.29. The molecule has 4 heteroatoms. The van der Waals surface area contributed by atoms with E-state index in [0.29, 0.717) is 12.6 Å². The van der Waals surface area contributed by atoms with Crippen LogP contribution >= 0.6 is 0 Å². The molecule has 1 aliphatic carbocycles. The van der Waals surface area contributed by atoms with Crippen LogP contribution in [0.3, 0.4) is 0 Å². The first-order chi connectivity index (χ1) is 9.44. The molecule has 1 saturated carbocycles. The summed E-state index contributed by atoms with van der Waals surface area (Å²) in [7, 11) is 0. The molecule has 1 heterocycles. The van der Waals surface area contributed by atoms with Gasteiger partial charge in [0.15, 0.2) is 0 Å². The van der Waals surface area contributed by atoms with E-state index < -0.39 is 0 Å². The molecule has 1 aromatic heterocycles. The molecule has 4 nitrogen and oxygen atoms in total. The van der Waals surface area contributed by atoms with Crippen molar-refractivity contribution in [3.63, 3.8) is 0 Å². The van der Waals surface area contributed by atoms with Gasteiger partial charge in [-0.3, -0.25) is 4.79 Å². The number of carbonyl (C=O) groups is 1. The van der Waals surface area contributed by atoms with E-state index in [1.54, 1.807) is 0 Å². The zero-order valence-corrected chi connectivity index (χ0v) is 12.9. The van der Waals surface area contributed by atoms with Crippen molar-refractivity contribution in [1.82, 2.24) is 15.2 Å². The van der Waals surface area contributed by atoms with Crippen LogP contribution in [-0.4, -0.2) is 22.1 Å². The van der Waals surface area contributed by atoms with Crippen molar-refractivity contribution in [3.8, 4) is 0 Å². The molecule has 0 spiro atoms. The second-order valence-electron chi connectivity index (χ2n) is 6.78. The lowest BCUT2D eigenvalue weighted by Gasteiger charge is -2.21. The van der Waals surface area contributed by atoms with E-state index in [1.807, 2.05) is 16.8 Å². The van der Waals surface area contributed by atoms with Crippen molar-refractivity contribution < 1.29 is 4.79 Å². The first-order valence-electron chi connectivity index (χ1n) is 7.62.